The van der Waals surface area contributed by atoms with Gasteiger partial charge in [-0.15, -0.1) is 0 Å². The smallest absolute Gasteiger partial charge is 0.274 e. The molecular formula is C17H23N5O. The van der Waals surface area contributed by atoms with Crippen molar-refractivity contribution in [3.63, 3.8) is 0 Å². The van der Waals surface area contributed by atoms with Gasteiger partial charge < -0.3 is 15.5 Å². The van der Waals surface area contributed by atoms with Gasteiger partial charge in [0.25, 0.3) is 5.91 Å². The summed E-state index contributed by atoms with van der Waals surface area (Å²) in [5.41, 5.74) is 1.10. The summed E-state index contributed by atoms with van der Waals surface area (Å²) in [6.45, 7) is 3.58. The third-order valence-electron chi connectivity index (χ3n) is 3.19. The summed E-state index contributed by atoms with van der Waals surface area (Å²) in [5, 5.41) is 6.07. The van der Waals surface area contributed by atoms with E-state index in [1.165, 1.54) is 0 Å². The zero-order valence-corrected chi connectivity index (χ0v) is 13.8. The molecule has 1 aromatic carbocycles. The summed E-state index contributed by atoms with van der Waals surface area (Å²) < 4.78 is 0. The quantitative estimate of drug-likeness (QED) is 0.768. The van der Waals surface area contributed by atoms with E-state index in [0.717, 1.165) is 25.2 Å². The van der Waals surface area contributed by atoms with Gasteiger partial charge in [-0.3, -0.25) is 4.79 Å². The molecule has 0 bridgehead atoms. The highest BCUT2D eigenvalue weighted by atomic mass is 16.1. The molecule has 2 N–H and O–H groups in total. The van der Waals surface area contributed by atoms with Crippen LogP contribution in [0.1, 0.15) is 22.7 Å². The summed E-state index contributed by atoms with van der Waals surface area (Å²) in [7, 11) is 4.09. The van der Waals surface area contributed by atoms with Gasteiger partial charge in [-0.2, -0.15) is 0 Å². The Morgan fingerprint density at radius 3 is 2.61 bits per heavy atom. The maximum absolute atomic E-state index is 12.3. The Balaban J connectivity index is 2.00. The van der Waals surface area contributed by atoms with Crippen molar-refractivity contribution < 1.29 is 4.79 Å². The minimum Gasteiger partial charge on any atom is -0.370 e. The van der Waals surface area contributed by atoms with Crippen molar-refractivity contribution in [3.05, 3.63) is 47.9 Å². The van der Waals surface area contributed by atoms with Crippen LogP contribution < -0.4 is 10.6 Å². The molecule has 2 aromatic rings. The first kappa shape index (κ1) is 16.9. The van der Waals surface area contributed by atoms with Crippen LogP contribution in [0.5, 0.6) is 0 Å². The van der Waals surface area contributed by atoms with Gasteiger partial charge in [0.05, 0.1) is 0 Å². The van der Waals surface area contributed by atoms with Gasteiger partial charge in [-0.05, 0) is 46.1 Å². The van der Waals surface area contributed by atoms with Crippen LogP contribution in [0.4, 0.5) is 11.5 Å². The lowest BCUT2D eigenvalue weighted by Gasteiger charge is -2.11. The van der Waals surface area contributed by atoms with E-state index in [9.17, 15) is 4.79 Å². The normalized spacial score (nSPS) is 10.6. The molecule has 0 radical (unpaired) electrons. The zero-order chi connectivity index (χ0) is 16.7. The van der Waals surface area contributed by atoms with Crippen molar-refractivity contribution >= 4 is 17.4 Å². The lowest BCUT2D eigenvalue weighted by molar-refractivity contribution is 0.102. The molecular weight excluding hydrogens is 290 g/mol. The van der Waals surface area contributed by atoms with Crippen LogP contribution in [-0.4, -0.2) is 48.0 Å². The van der Waals surface area contributed by atoms with E-state index in [1.807, 2.05) is 44.4 Å². The van der Waals surface area contributed by atoms with E-state index in [0.29, 0.717) is 17.3 Å². The average molecular weight is 313 g/mol. The third kappa shape index (κ3) is 5.67. The number of benzene rings is 1. The number of aryl methyl sites for hydroxylation is 1. The lowest BCUT2D eigenvalue weighted by atomic mass is 10.3. The first-order valence-corrected chi connectivity index (χ1v) is 7.65. The highest BCUT2D eigenvalue weighted by molar-refractivity contribution is 6.03. The molecule has 0 aliphatic carbocycles. The van der Waals surface area contributed by atoms with Gasteiger partial charge in [0.2, 0.25) is 0 Å². The molecule has 2 rings (SSSR count). The predicted octanol–water partition coefficient (Wildman–Crippen LogP) is 2.40. The van der Waals surface area contributed by atoms with Crippen LogP contribution in [0.25, 0.3) is 0 Å². The number of anilines is 2. The molecule has 122 valence electrons. The van der Waals surface area contributed by atoms with Gasteiger partial charge in [0.15, 0.2) is 0 Å². The SMILES string of the molecule is Cc1nc(NCCCN(C)C)cc(C(=O)Nc2ccccc2)n1. The molecule has 0 aliphatic rings. The second-order valence-corrected chi connectivity index (χ2v) is 5.59. The lowest BCUT2D eigenvalue weighted by Crippen LogP contribution is -2.18. The van der Waals surface area contributed by atoms with Crippen LogP contribution in [0.3, 0.4) is 0 Å². The van der Waals surface area contributed by atoms with Crippen LogP contribution in [0.15, 0.2) is 36.4 Å². The Labute approximate surface area is 137 Å². The molecule has 0 spiro atoms. The number of carbonyl (C=O) groups is 1. The molecule has 0 atom stereocenters. The molecule has 23 heavy (non-hydrogen) atoms. The molecule has 6 nitrogen and oxygen atoms in total. The van der Waals surface area contributed by atoms with Crippen LogP contribution >= 0.6 is 0 Å². The van der Waals surface area contributed by atoms with Crippen molar-refractivity contribution in [1.29, 1.82) is 0 Å². The number of hydrogen-bond acceptors (Lipinski definition) is 5. The highest BCUT2D eigenvalue weighted by Gasteiger charge is 2.10. The monoisotopic (exact) mass is 313 g/mol. The van der Waals surface area contributed by atoms with Gasteiger partial charge in [0.1, 0.15) is 17.3 Å². The fourth-order valence-corrected chi connectivity index (χ4v) is 2.10. The molecule has 0 saturated carbocycles. The van der Waals surface area contributed by atoms with Crippen LogP contribution in [0, 0.1) is 6.92 Å². The van der Waals surface area contributed by atoms with E-state index in [2.05, 4.69) is 25.5 Å². The zero-order valence-electron chi connectivity index (χ0n) is 13.8. The summed E-state index contributed by atoms with van der Waals surface area (Å²) >= 11 is 0. The van der Waals surface area contributed by atoms with E-state index < -0.39 is 0 Å². The maximum atomic E-state index is 12.3. The Morgan fingerprint density at radius 2 is 1.91 bits per heavy atom. The van der Waals surface area contributed by atoms with Gasteiger partial charge in [-0.1, -0.05) is 18.2 Å². The van der Waals surface area contributed by atoms with Crippen molar-refractivity contribution in [1.82, 2.24) is 14.9 Å². The molecule has 0 aliphatic heterocycles. The van der Waals surface area contributed by atoms with Crippen molar-refractivity contribution in [2.45, 2.75) is 13.3 Å². The summed E-state index contributed by atoms with van der Waals surface area (Å²) in [6, 6.07) is 11.0. The fraction of sp³-hybridized carbons (Fsp3) is 0.353. The largest absolute Gasteiger partial charge is 0.370 e. The van der Waals surface area contributed by atoms with Gasteiger partial charge >= 0.3 is 0 Å². The fourth-order valence-electron chi connectivity index (χ4n) is 2.10. The van der Waals surface area contributed by atoms with Crippen molar-refractivity contribution in [2.75, 3.05) is 37.8 Å². The Morgan fingerprint density at radius 1 is 1.17 bits per heavy atom. The number of rotatable bonds is 7. The topological polar surface area (TPSA) is 70.2 Å². The van der Waals surface area contributed by atoms with Crippen molar-refractivity contribution in [3.8, 4) is 0 Å². The minimum atomic E-state index is -0.238. The Kier molecular flexibility index (Phi) is 6.05. The Bertz CT molecular complexity index is 643. The van der Waals surface area contributed by atoms with E-state index in [1.54, 1.807) is 13.0 Å². The second-order valence-electron chi connectivity index (χ2n) is 5.59. The standard InChI is InChI=1S/C17H23N5O/c1-13-19-15(17(23)21-14-8-5-4-6-9-14)12-16(20-13)18-10-7-11-22(2)3/h4-6,8-9,12H,7,10-11H2,1-3H3,(H,21,23)(H,18,19,20). The molecule has 1 amide bonds. The number of nitrogens with zero attached hydrogens (tertiary/aromatic N) is 3. The number of para-hydroxylation sites is 1. The first-order valence-electron chi connectivity index (χ1n) is 7.65. The second kappa shape index (κ2) is 8.24. The summed E-state index contributed by atoms with van der Waals surface area (Å²) in [6.07, 6.45) is 1.00. The number of aromatic nitrogens is 2. The molecule has 0 unspecified atom stereocenters. The Hall–Kier alpha value is -2.47. The van der Waals surface area contributed by atoms with Gasteiger partial charge in [-0.25, -0.2) is 9.97 Å². The first-order chi connectivity index (χ1) is 11.0. The van der Waals surface area contributed by atoms with Gasteiger partial charge in [0, 0.05) is 18.3 Å². The summed E-state index contributed by atoms with van der Waals surface area (Å²) in [4.78, 5) is 23.0. The molecule has 1 heterocycles. The van der Waals surface area contributed by atoms with E-state index in [4.69, 9.17) is 0 Å². The minimum absolute atomic E-state index is 0.238. The van der Waals surface area contributed by atoms with Crippen molar-refractivity contribution in [2.24, 2.45) is 0 Å². The third-order valence-corrected chi connectivity index (χ3v) is 3.19. The number of amides is 1. The molecule has 0 fully saturated rings. The highest BCUT2D eigenvalue weighted by Crippen LogP contribution is 2.11. The van der Waals surface area contributed by atoms with E-state index >= 15 is 0 Å². The number of carbonyl (C=O) groups excluding carboxylic acids is 1. The van der Waals surface area contributed by atoms with E-state index in [-0.39, 0.29) is 5.91 Å². The molecule has 6 heteroatoms. The predicted molar refractivity (Wildman–Crippen MR) is 92.8 cm³/mol. The average Bonchev–Trinajstić information content (AvgIpc) is 2.52. The molecule has 0 saturated heterocycles. The number of nitrogens with one attached hydrogen (secondary N) is 2. The van der Waals surface area contributed by atoms with Crippen LogP contribution in [-0.2, 0) is 0 Å². The van der Waals surface area contributed by atoms with Crippen LogP contribution in [0.2, 0.25) is 0 Å². The molecule has 1 aromatic heterocycles. The maximum Gasteiger partial charge on any atom is 0.274 e. The summed E-state index contributed by atoms with van der Waals surface area (Å²) in [5.74, 6) is 1.01. The number of hydrogen-bond donors (Lipinski definition) is 2.